The maximum Gasteiger partial charge on any atom is 0.186 e. The Kier molecular flexibility index (Phi) is 2.27. The Balaban J connectivity index is 2.27. The first-order valence-electron chi connectivity index (χ1n) is 5.69. The number of fused-ring (bicyclic) bond motifs is 1. The van der Waals surface area contributed by atoms with Crippen molar-refractivity contribution >= 4 is 28.0 Å². The molecular formula is C15H11NO2. The fourth-order valence-corrected chi connectivity index (χ4v) is 2.28. The lowest BCUT2D eigenvalue weighted by atomic mass is 9.96. The highest BCUT2D eigenvalue weighted by Gasteiger charge is 2.18. The fourth-order valence-electron chi connectivity index (χ4n) is 2.28. The van der Waals surface area contributed by atoms with E-state index in [0.29, 0.717) is 5.57 Å². The molecule has 1 aromatic heterocycles. The molecule has 88 valence electrons. The van der Waals surface area contributed by atoms with Crippen LogP contribution in [0, 0.1) is 0 Å². The van der Waals surface area contributed by atoms with E-state index in [2.05, 4.69) is 0 Å². The van der Waals surface area contributed by atoms with E-state index >= 15 is 0 Å². The fraction of sp³-hybridized carbons (Fsp3) is 0.0667. The van der Waals surface area contributed by atoms with Crippen LogP contribution in [0.2, 0.25) is 0 Å². The SMILES string of the molecule is Cn1cc(C2=CC(=O)C=CC2=O)c2ccccc21. The zero-order valence-electron chi connectivity index (χ0n) is 9.88. The molecule has 0 amide bonds. The van der Waals surface area contributed by atoms with E-state index in [1.807, 2.05) is 42.1 Å². The van der Waals surface area contributed by atoms with E-state index in [9.17, 15) is 9.59 Å². The molecule has 0 atom stereocenters. The highest BCUT2D eigenvalue weighted by molar-refractivity contribution is 6.35. The van der Waals surface area contributed by atoms with Gasteiger partial charge in [-0.05, 0) is 24.3 Å². The van der Waals surface area contributed by atoms with Gasteiger partial charge in [0.2, 0.25) is 0 Å². The van der Waals surface area contributed by atoms with Crippen LogP contribution < -0.4 is 0 Å². The molecule has 0 saturated heterocycles. The van der Waals surface area contributed by atoms with Crippen LogP contribution in [-0.4, -0.2) is 16.1 Å². The lowest BCUT2D eigenvalue weighted by Crippen LogP contribution is -2.06. The molecule has 3 heteroatoms. The third kappa shape index (κ3) is 1.52. The molecule has 0 radical (unpaired) electrons. The summed E-state index contributed by atoms with van der Waals surface area (Å²) in [4.78, 5) is 23.3. The third-order valence-corrected chi connectivity index (χ3v) is 3.14. The number of hydrogen-bond acceptors (Lipinski definition) is 2. The molecule has 0 unspecified atom stereocenters. The lowest BCUT2D eigenvalue weighted by molar-refractivity contribution is -0.113. The Hall–Kier alpha value is -2.42. The number of aromatic nitrogens is 1. The first-order chi connectivity index (χ1) is 8.66. The van der Waals surface area contributed by atoms with Crippen molar-refractivity contribution in [3.8, 4) is 0 Å². The summed E-state index contributed by atoms with van der Waals surface area (Å²) in [5.41, 5.74) is 2.33. The molecule has 0 saturated carbocycles. The van der Waals surface area contributed by atoms with E-state index in [1.54, 1.807) is 0 Å². The number of aryl methyl sites for hydroxylation is 1. The van der Waals surface area contributed by atoms with Gasteiger partial charge in [0.25, 0.3) is 0 Å². The van der Waals surface area contributed by atoms with E-state index in [-0.39, 0.29) is 11.6 Å². The zero-order chi connectivity index (χ0) is 12.7. The second-order valence-corrected chi connectivity index (χ2v) is 4.33. The minimum atomic E-state index is -0.141. The molecule has 1 aliphatic rings. The number of rotatable bonds is 1. The summed E-state index contributed by atoms with van der Waals surface area (Å²) >= 11 is 0. The number of ketones is 2. The molecule has 1 heterocycles. The van der Waals surface area contributed by atoms with Crippen LogP contribution in [0.1, 0.15) is 5.56 Å². The van der Waals surface area contributed by atoms with Gasteiger partial charge in [-0.2, -0.15) is 0 Å². The molecule has 2 aromatic rings. The van der Waals surface area contributed by atoms with Gasteiger partial charge in [0.15, 0.2) is 11.6 Å². The number of nitrogens with zero attached hydrogens (tertiary/aromatic N) is 1. The zero-order valence-corrected chi connectivity index (χ0v) is 9.88. The van der Waals surface area contributed by atoms with E-state index in [1.165, 1.54) is 18.2 Å². The molecule has 0 fully saturated rings. The van der Waals surface area contributed by atoms with Gasteiger partial charge in [0.1, 0.15) is 0 Å². The van der Waals surface area contributed by atoms with Gasteiger partial charge in [0, 0.05) is 35.3 Å². The van der Waals surface area contributed by atoms with E-state index in [0.717, 1.165) is 16.5 Å². The van der Waals surface area contributed by atoms with Crippen molar-refractivity contribution < 1.29 is 9.59 Å². The number of benzene rings is 1. The van der Waals surface area contributed by atoms with Gasteiger partial charge in [-0.1, -0.05) is 18.2 Å². The molecule has 18 heavy (non-hydrogen) atoms. The van der Waals surface area contributed by atoms with Gasteiger partial charge >= 0.3 is 0 Å². The van der Waals surface area contributed by atoms with Crippen molar-refractivity contribution in [2.75, 3.05) is 0 Å². The smallest absolute Gasteiger partial charge is 0.186 e. The Bertz CT molecular complexity index is 732. The van der Waals surface area contributed by atoms with E-state index in [4.69, 9.17) is 0 Å². The van der Waals surface area contributed by atoms with Gasteiger partial charge in [-0.25, -0.2) is 0 Å². The third-order valence-electron chi connectivity index (χ3n) is 3.14. The van der Waals surface area contributed by atoms with Crippen LogP contribution >= 0.6 is 0 Å². The number of hydrogen-bond donors (Lipinski definition) is 0. The van der Waals surface area contributed by atoms with Crippen LogP contribution in [0.25, 0.3) is 16.5 Å². The predicted octanol–water partition coefficient (Wildman–Crippen LogP) is 2.27. The summed E-state index contributed by atoms with van der Waals surface area (Å²) in [5.74, 6) is -0.261. The van der Waals surface area contributed by atoms with Gasteiger partial charge < -0.3 is 4.57 Å². The van der Waals surface area contributed by atoms with Crippen LogP contribution in [0.5, 0.6) is 0 Å². The Morgan fingerprint density at radius 2 is 1.83 bits per heavy atom. The van der Waals surface area contributed by atoms with Crippen LogP contribution in [-0.2, 0) is 16.6 Å². The van der Waals surface area contributed by atoms with Gasteiger partial charge in [-0.3, -0.25) is 9.59 Å². The average molecular weight is 237 g/mol. The molecule has 1 aliphatic carbocycles. The largest absolute Gasteiger partial charge is 0.350 e. The van der Waals surface area contributed by atoms with Crippen LogP contribution in [0.3, 0.4) is 0 Å². The maximum absolute atomic E-state index is 11.9. The lowest BCUT2D eigenvalue weighted by Gasteiger charge is -2.05. The monoisotopic (exact) mass is 237 g/mol. The van der Waals surface area contributed by atoms with Crippen LogP contribution in [0.15, 0.2) is 48.7 Å². The summed E-state index contributed by atoms with van der Waals surface area (Å²) in [6.07, 6.45) is 5.93. The number of carbonyl (C=O) groups excluding carboxylic acids is 2. The van der Waals surface area contributed by atoms with Crippen molar-refractivity contribution in [1.82, 2.24) is 4.57 Å². The molecule has 0 N–H and O–H groups in total. The molecule has 0 spiro atoms. The normalized spacial score (nSPS) is 15.3. The number of carbonyl (C=O) groups is 2. The first kappa shape index (κ1) is 10.7. The number of para-hydroxylation sites is 1. The number of allylic oxidation sites excluding steroid dienone is 4. The molecule has 0 aliphatic heterocycles. The Labute approximate surface area is 104 Å². The molecule has 3 nitrogen and oxygen atoms in total. The summed E-state index contributed by atoms with van der Waals surface area (Å²) in [7, 11) is 1.93. The molecular weight excluding hydrogens is 226 g/mol. The quantitative estimate of drug-likeness (QED) is 0.714. The highest BCUT2D eigenvalue weighted by Crippen LogP contribution is 2.28. The Morgan fingerprint density at radius 1 is 1.06 bits per heavy atom. The van der Waals surface area contributed by atoms with Gasteiger partial charge in [-0.15, -0.1) is 0 Å². The summed E-state index contributed by atoms with van der Waals surface area (Å²) in [5, 5.41) is 0.989. The summed E-state index contributed by atoms with van der Waals surface area (Å²) < 4.78 is 1.96. The van der Waals surface area contributed by atoms with E-state index < -0.39 is 0 Å². The average Bonchev–Trinajstić information content (AvgIpc) is 2.71. The molecule has 3 rings (SSSR count). The van der Waals surface area contributed by atoms with Crippen molar-refractivity contribution in [2.24, 2.45) is 7.05 Å². The van der Waals surface area contributed by atoms with Gasteiger partial charge in [0.05, 0.1) is 0 Å². The van der Waals surface area contributed by atoms with Crippen molar-refractivity contribution in [1.29, 1.82) is 0 Å². The highest BCUT2D eigenvalue weighted by atomic mass is 16.1. The topological polar surface area (TPSA) is 39.1 Å². The Morgan fingerprint density at radius 3 is 2.67 bits per heavy atom. The minimum absolute atomic E-state index is 0.119. The summed E-state index contributed by atoms with van der Waals surface area (Å²) in [6.45, 7) is 0. The predicted molar refractivity (Wildman–Crippen MR) is 70.1 cm³/mol. The van der Waals surface area contributed by atoms with Crippen molar-refractivity contribution in [3.05, 3.63) is 54.3 Å². The second-order valence-electron chi connectivity index (χ2n) is 4.33. The minimum Gasteiger partial charge on any atom is -0.350 e. The maximum atomic E-state index is 11.9. The van der Waals surface area contributed by atoms with Crippen LogP contribution in [0.4, 0.5) is 0 Å². The second kappa shape index (κ2) is 3.81. The molecule has 1 aromatic carbocycles. The first-order valence-corrected chi connectivity index (χ1v) is 5.69. The van der Waals surface area contributed by atoms with Crippen molar-refractivity contribution in [2.45, 2.75) is 0 Å². The standard InChI is InChI=1S/C15H11NO2/c1-16-9-13(11-4-2-3-5-14(11)16)12-8-10(17)6-7-15(12)18/h2-9H,1H3. The summed E-state index contributed by atoms with van der Waals surface area (Å²) in [6, 6.07) is 7.83. The molecule has 0 bridgehead atoms. The van der Waals surface area contributed by atoms with Crippen molar-refractivity contribution in [3.63, 3.8) is 0 Å².